The quantitative estimate of drug-likeness (QED) is 0.651. The maximum absolute atomic E-state index is 11.4. The van der Waals surface area contributed by atoms with Crippen LogP contribution >= 0.6 is 0 Å². The molecule has 0 amide bonds. The molecule has 0 aliphatic heterocycles. The van der Waals surface area contributed by atoms with E-state index in [4.69, 9.17) is 14.3 Å². The fourth-order valence-electron chi connectivity index (χ4n) is 1.76. The van der Waals surface area contributed by atoms with Gasteiger partial charge in [-0.1, -0.05) is 12.1 Å². The van der Waals surface area contributed by atoms with Crippen LogP contribution in [-0.4, -0.2) is 17.8 Å². The Labute approximate surface area is 105 Å². The normalized spacial score (nSPS) is 12.6. The van der Waals surface area contributed by atoms with Crippen molar-refractivity contribution in [3.05, 3.63) is 40.8 Å². The van der Waals surface area contributed by atoms with Crippen molar-refractivity contribution in [3.63, 3.8) is 0 Å². The number of ether oxygens (including phenoxy) is 1. The smallest absolute Gasteiger partial charge is 0.339 e. The second-order valence-electron chi connectivity index (χ2n) is 4.27. The summed E-state index contributed by atoms with van der Waals surface area (Å²) in [6.07, 6.45) is 1.09. The van der Waals surface area contributed by atoms with Gasteiger partial charge in [-0.3, -0.25) is 0 Å². The molecule has 1 aromatic carbocycles. The molecule has 2 aromatic rings. The van der Waals surface area contributed by atoms with E-state index in [1.54, 1.807) is 13.0 Å². The van der Waals surface area contributed by atoms with Gasteiger partial charge >= 0.3 is 5.63 Å². The highest BCUT2D eigenvalue weighted by molar-refractivity contribution is 5.82. The van der Waals surface area contributed by atoms with Gasteiger partial charge in [-0.05, 0) is 31.9 Å². The number of benzene rings is 1. The molecular formula is C14H16O4. The van der Waals surface area contributed by atoms with E-state index in [9.17, 15) is 4.79 Å². The van der Waals surface area contributed by atoms with E-state index in [0.29, 0.717) is 24.4 Å². The highest BCUT2D eigenvalue weighted by Crippen LogP contribution is 2.23. The SMILES string of the molecule is CC(O)CCCOc1cc(=O)oc2ccccc12. The van der Waals surface area contributed by atoms with Gasteiger partial charge in [0.15, 0.2) is 0 Å². The first-order valence-electron chi connectivity index (χ1n) is 6.00. The Balaban J connectivity index is 2.14. The van der Waals surface area contributed by atoms with Crippen molar-refractivity contribution in [2.45, 2.75) is 25.9 Å². The maximum Gasteiger partial charge on any atom is 0.339 e. The number of hydrogen-bond donors (Lipinski definition) is 1. The van der Waals surface area contributed by atoms with Crippen LogP contribution in [0.1, 0.15) is 19.8 Å². The van der Waals surface area contributed by atoms with Crippen molar-refractivity contribution in [2.24, 2.45) is 0 Å². The Bertz CT molecular complexity index is 571. The lowest BCUT2D eigenvalue weighted by Crippen LogP contribution is -2.06. The van der Waals surface area contributed by atoms with Crippen LogP contribution in [0.25, 0.3) is 11.0 Å². The molecule has 1 heterocycles. The number of para-hydroxylation sites is 1. The van der Waals surface area contributed by atoms with Crippen LogP contribution in [0.4, 0.5) is 0 Å². The van der Waals surface area contributed by atoms with Crippen molar-refractivity contribution in [2.75, 3.05) is 6.61 Å². The van der Waals surface area contributed by atoms with Gasteiger partial charge in [0.25, 0.3) is 0 Å². The molecule has 0 saturated carbocycles. The lowest BCUT2D eigenvalue weighted by molar-refractivity contribution is 0.170. The summed E-state index contributed by atoms with van der Waals surface area (Å²) in [5.41, 5.74) is 0.106. The van der Waals surface area contributed by atoms with E-state index < -0.39 is 5.63 Å². The van der Waals surface area contributed by atoms with Gasteiger partial charge in [0.2, 0.25) is 0 Å². The van der Waals surface area contributed by atoms with Crippen LogP contribution in [-0.2, 0) is 0 Å². The van der Waals surface area contributed by atoms with E-state index in [-0.39, 0.29) is 6.10 Å². The Morgan fingerprint density at radius 2 is 2.17 bits per heavy atom. The first kappa shape index (κ1) is 12.6. The molecule has 1 N–H and O–H groups in total. The molecule has 0 bridgehead atoms. The summed E-state index contributed by atoms with van der Waals surface area (Å²) in [5, 5.41) is 9.93. The van der Waals surface area contributed by atoms with Gasteiger partial charge in [0.05, 0.1) is 24.2 Å². The number of fused-ring (bicyclic) bond motifs is 1. The van der Waals surface area contributed by atoms with Crippen LogP contribution in [0.3, 0.4) is 0 Å². The number of aliphatic hydroxyl groups is 1. The van der Waals surface area contributed by atoms with Gasteiger partial charge in [0, 0.05) is 0 Å². The van der Waals surface area contributed by atoms with E-state index in [1.807, 2.05) is 18.2 Å². The molecule has 0 radical (unpaired) electrons. The van der Waals surface area contributed by atoms with Gasteiger partial charge in [-0.25, -0.2) is 4.79 Å². The minimum absolute atomic E-state index is 0.328. The fourth-order valence-corrected chi connectivity index (χ4v) is 1.76. The van der Waals surface area contributed by atoms with E-state index in [0.717, 1.165) is 11.8 Å². The number of hydrogen-bond acceptors (Lipinski definition) is 4. The van der Waals surface area contributed by atoms with Crippen LogP contribution in [0, 0.1) is 0 Å². The molecule has 1 unspecified atom stereocenters. The second kappa shape index (κ2) is 5.69. The molecule has 0 saturated heterocycles. The molecular weight excluding hydrogens is 232 g/mol. The Hall–Kier alpha value is -1.81. The predicted octanol–water partition coefficient (Wildman–Crippen LogP) is 2.33. The lowest BCUT2D eigenvalue weighted by atomic mass is 10.2. The molecule has 2 rings (SSSR count). The van der Waals surface area contributed by atoms with E-state index >= 15 is 0 Å². The molecule has 1 aromatic heterocycles. The summed E-state index contributed by atoms with van der Waals surface area (Å²) in [6, 6.07) is 8.61. The monoisotopic (exact) mass is 248 g/mol. The average molecular weight is 248 g/mol. The molecule has 4 heteroatoms. The molecule has 4 nitrogen and oxygen atoms in total. The molecule has 1 atom stereocenters. The van der Waals surface area contributed by atoms with Crippen molar-refractivity contribution in [1.82, 2.24) is 0 Å². The molecule has 0 aliphatic carbocycles. The third-order valence-corrected chi connectivity index (χ3v) is 2.64. The summed E-state index contributed by atoms with van der Waals surface area (Å²) in [4.78, 5) is 11.4. The largest absolute Gasteiger partial charge is 0.493 e. The highest BCUT2D eigenvalue weighted by atomic mass is 16.5. The topological polar surface area (TPSA) is 59.7 Å². The second-order valence-corrected chi connectivity index (χ2v) is 4.27. The lowest BCUT2D eigenvalue weighted by Gasteiger charge is -2.08. The van der Waals surface area contributed by atoms with Gasteiger partial charge in [0.1, 0.15) is 11.3 Å². The predicted molar refractivity (Wildman–Crippen MR) is 68.9 cm³/mol. The first-order chi connectivity index (χ1) is 8.66. The molecule has 0 aliphatic rings. The molecule has 18 heavy (non-hydrogen) atoms. The van der Waals surface area contributed by atoms with Gasteiger partial charge < -0.3 is 14.3 Å². The van der Waals surface area contributed by atoms with Crippen molar-refractivity contribution in [3.8, 4) is 5.75 Å². The first-order valence-corrected chi connectivity index (χ1v) is 6.00. The third-order valence-electron chi connectivity index (χ3n) is 2.64. The Morgan fingerprint density at radius 3 is 2.94 bits per heavy atom. The average Bonchev–Trinajstić information content (AvgIpc) is 2.34. The van der Waals surface area contributed by atoms with Crippen molar-refractivity contribution < 1.29 is 14.3 Å². The van der Waals surface area contributed by atoms with E-state index in [2.05, 4.69) is 0 Å². The molecule has 96 valence electrons. The summed E-state index contributed by atoms with van der Waals surface area (Å²) in [6.45, 7) is 2.21. The van der Waals surface area contributed by atoms with E-state index in [1.165, 1.54) is 6.07 Å². The standard InChI is InChI=1S/C14H16O4/c1-10(15)5-4-8-17-13-9-14(16)18-12-7-3-2-6-11(12)13/h2-3,6-7,9-10,15H,4-5,8H2,1H3. The summed E-state index contributed by atoms with van der Waals surface area (Å²) >= 11 is 0. The van der Waals surface area contributed by atoms with Crippen molar-refractivity contribution >= 4 is 11.0 Å². The fraction of sp³-hybridized carbons (Fsp3) is 0.357. The Kier molecular flexibility index (Phi) is 3.99. The van der Waals surface area contributed by atoms with Gasteiger partial charge in [-0.15, -0.1) is 0 Å². The minimum atomic E-state index is -0.417. The van der Waals surface area contributed by atoms with Crippen LogP contribution in [0.5, 0.6) is 5.75 Å². The minimum Gasteiger partial charge on any atom is -0.493 e. The zero-order valence-electron chi connectivity index (χ0n) is 10.3. The third kappa shape index (κ3) is 3.11. The molecule has 0 spiro atoms. The van der Waals surface area contributed by atoms with Crippen LogP contribution < -0.4 is 10.4 Å². The number of aliphatic hydroxyl groups excluding tert-OH is 1. The van der Waals surface area contributed by atoms with Crippen molar-refractivity contribution in [1.29, 1.82) is 0 Å². The van der Waals surface area contributed by atoms with Gasteiger partial charge in [-0.2, -0.15) is 0 Å². The summed E-state index contributed by atoms with van der Waals surface area (Å²) in [5.74, 6) is 0.535. The molecule has 0 fully saturated rings. The Morgan fingerprint density at radius 1 is 1.39 bits per heavy atom. The zero-order chi connectivity index (χ0) is 13.0. The zero-order valence-corrected chi connectivity index (χ0v) is 10.3. The summed E-state index contributed by atoms with van der Waals surface area (Å²) in [7, 11) is 0. The van der Waals surface area contributed by atoms with Crippen LogP contribution in [0.15, 0.2) is 39.5 Å². The summed E-state index contributed by atoms with van der Waals surface area (Å²) < 4.78 is 10.7. The maximum atomic E-state index is 11.4. The van der Waals surface area contributed by atoms with Crippen LogP contribution in [0.2, 0.25) is 0 Å². The highest BCUT2D eigenvalue weighted by Gasteiger charge is 2.06. The number of rotatable bonds is 5.